The number of nitrogens with one attached hydrogen (secondary N) is 1. The molecule has 82 valence electrons. The van der Waals surface area contributed by atoms with Gasteiger partial charge < -0.3 is 10.1 Å². The second-order valence-electron chi connectivity index (χ2n) is 4.33. The molecule has 1 aromatic heterocycles. The molecule has 3 nitrogen and oxygen atoms in total. The molecule has 1 fully saturated rings. The predicted molar refractivity (Wildman–Crippen MR) is 59.8 cm³/mol. The van der Waals surface area contributed by atoms with E-state index >= 15 is 0 Å². The van der Waals surface area contributed by atoms with Gasteiger partial charge in [0.05, 0.1) is 12.8 Å². The molecule has 15 heavy (non-hydrogen) atoms. The SMILES string of the molecule is COc1cccc(CNC2CC(C)C2)n1. The number of hydrogen-bond donors (Lipinski definition) is 1. The van der Waals surface area contributed by atoms with Gasteiger partial charge in [-0.2, -0.15) is 0 Å². The Morgan fingerprint density at radius 2 is 2.27 bits per heavy atom. The minimum Gasteiger partial charge on any atom is -0.481 e. The Bertz CT molecular complexity index is 321. The van der Waals surface area contributed by atoms with Gasteiger partial charge in [0, 0.05) is 18.7 Å². The van der Waals surface area contributed by atoms with Gasteiger partial charge in [-0.3, -0.25) is 0 Å². The van der Waals surface area contributed by atoms with E-state index in [0.717, 1.165) is 18.2 Å². The minimum absolute atomic E-state index is 0.688. The van der Waals surface area contributed by atoms with Crippen molar-refractivity contribution in [2.24, 2.45) is 5.92 Å². The summed E-state index contributed by atoms with van der Waals surface area (Å²) in [5.41, 5.74) is 1.05. The van der Waals surface area contributed by atoms with Gasteiger partial charge >= 0.3 is 0 Å². The van der Waals surface area contributed by atoms with Crippen LogP contribution in [0, 0.1) is 5.92 Å². The van der Waals surface area contributed by atoms with Crippen LogP contribution in [0.1, 0.15) is 25.5 Å². The second-order valence-corrected chi connectivity index (χ2v) is 4.33. The number of ether oxygens (including phenoxy) is 1. The van der Waals surface area contributed by atoms with Gasteiger partial charge in [0.25, 0.3) is 0 Å². The maximum Gasteiger partial charge on any atom is 0.213 e. The number of aromatic nitrogens is 1. The maximum absolute atomic E-state index is 5.08. The van der Waals surface area contributed by atoms with Crippen LogP contribution in [-0.4, -0.2) is 18.1 Å². The smallest absolute Gasteiger partial charge is 0.213 e. The Balaban J connectivity index is 1.82. The third-order valence-electron chi connectivity index (χ3n) is 2.94. The lowest BCUT2D eigenvalue weighted by molar-refractivity contribution is 0.239. The van der Waals surface area contributed by atoms with Crippen molar-refractivity contribution in [1.82, 2.24) is 10.3 Å². The Labute approximate surface area is 90.9 Å². The average molecular weight is 206 g/mol. The largest absolute Gasteiger partial charge is 0.481 e. The lowest BCUT2D eigenvalue weighted by Gasteiger charge is -2.33. The summed E-state index contributed by atoms with van der Waals surface area (Å²) >= 11 is 0. The topological polar surface area (TPSA) is 34.1 Å². The molecule has 1 aliphatic carbocycles. The molecule has 0 saturated heterocycles. The van der Waals surface area contributed by atoms with Crippen molar-refractivity contribution >= 4 is 0 Å². The fourth-order valence-electron chi connectivity index (χ4n) is 1.99. The molecule has 0 aromatic carbocycles. The van der Waals surface area contributed by atoms with E-state index in [4.69, 9.17) is 4.74 Å². The lowest BCUT2D eigenvalue weighted by Crippen LogP contribution is -2.39. The van der Waals surface area contributed by atoms with Crippen LogP contribution in [0.5, 0.6) is 5.88 Å². The third kappa shape index (κ3) is 2.69. The number of rotatable bonds is 4. The first-order chi connectivity index (χ1) is 7.28. The molecule has 1 heterocycles. The zero-order valence-electron chi connectivity index (χ0n) is 9.36. The molecule has 3 heteroatoms. The van der Waals surface area contributed by atoms with Crippen molar-refractivity contribution in [3.8, 4) is 5.88 Å². The van der Waals surface area contributed by atoms with E-state index in [-0.39, 0.29) is 0 Å². The average Bonchev–Trinajstić information content (AvgIpc) is 2.23. The van der Waals surface area contributed by atoms with Gasteiger partial charge in [0.15, 0.2) is 0 Å². The summed E-state index contributed by atoms with van der Waals surface area (Å²) in [6.07, 6.45) is 2.59. The van der Waals surface area contributed by atoms with E-state index in [2.05, 4.69) is 17.2 Å². The van der Waals surface area contributed by atoms with Gasteiger partial charge in [0.2, 0.25) is 5.88 Å². The van der Waals surface area contributed by atoms with Crippen LogP contribution in [0.25, 0.3) is 0 Å². The zero-order chi connectivity index (χ0) is 10.7. The van der Waals surface area contributed by atoms with Gasteiger partial charge in [0.1, 0.15) is 0 Å². The van der Waals surface area contributed by atoms with E-state index in [1.807, 2.05) is 18.2 Å². The second kappa shape index (κ2) is 4.62. The van der Waals surface area contributed by atoms with Gasteiger partial charge in [-0.15, -0.1) is 0 Å². The molecule has 0 spiro atoms. The number of hydrogen-bond acceptors (Lipinski definition) is 3. The maximum atomic E-state index is 5.08. The molecular formula is C12H18N2O. The van der Waals surface area contributed by atoms with Crippen molar-refractivity contribution in [1.29, 1.82) is 0 Å². The van der Waals surface area contributed by atoms with Crippen LogP contribution >= 0.6 is 0 Å². The van der Waals surface area contributed by atoms with Crippen molar-refractivity contribution in [2.45, 2.75) is 32.4 Å². The van der Waals surface area contributed by atoms with E-state index in [0.29, 0.717) is 11.9 Å². The number of methoxy groups -OCH3 is 1. The molecular weight excluding hydrogens is 188 g/mol. The van der Waals surface area contributed by atoms with E-state index in [1.165, 1.54) is 12.8 Å². The number of pyridine rings is 1. The molecule has 2 rings (SSSR count). The van der Waals surface area contributed by atoms with Crippen molar-refractivity contribution in [3.63, 3.8) is 0 Å². The molecule has 0 radical (unpaired) electrons. The first-order valence-corrected chi connectivity index (χ1v) is 5.51. The van der Waals surface area contributed by atoms with Crippen LogP contribution in [0.3, 0.4) is 0 Å². The van der Waals surface area contributed by atoms with Gasteiger partial charge in [-0.25, -0.2) is 4.98 Å². The fourth-order valence-corrected chi connectivity index (χ4v) is 1.99. The van der Waals surface area contributed by atoms with E-state index in [1.54, 1.807) is 7.11 Å². The van der Waals surface area contributed by atoms with Crippen molar-refractivity contribution < 1.29 is 4.74 Å². The molecule has 1 N–H and O–H groups in total. The number of nitrogens with zero attached hydrogens (tertiary/aromatic N) is 1. The molecule has 0 unspecified atom stereocenters. The molecule has 1 aromatic rings. The highest BCUT2D eigenvalue weighted by Gasteiger charge is 2.24. The van der Waals surface area contributed by atoms with Crippen LogP contribution in [-0.2, 0) is 6.54 Å². The van der Waals surface area contributed by atoms with E-state index in [9.17, 15) is 0 Å². The highest BCUT2D eigenvalue weighted by molar-refractivity contribution is 5.15. The summed E-state index contributed by atoms with van der Waals surface area (Å²) < 4.78 is 5.08. The standard InChI is InChI=1S/C12H18N2O/c1-9-6-11(7-9)13-8-10-4-3-5-12(14-10)15-2/h3-5,9,11,13H,6-8H2,1-2H3. The minimum atomic E-state index is 0.688. The molecule has 1 saturated carbocycles. The van der Waals surface area contributed by atoms with Gasteiger partial charge in [-0.05, 0) is 24.8 Å². The van der Waals surface area contributed by atoms with Crippen LogP contribution in [0.15, 0.2) is 18.2 Å². The predicted octanol–water partition coefficient (Wildman–Crippen LogP) is 1.98. The molecule has 0 aliphatic heterocycles. The first kappa shape index (κ1) is 10.4. The quantitative estimate of drug-likeness (QED) is 0.818. The third-order valence-corrected chi connectivity index (χ3v) is 2.94. The summed E-state index contributed by atoms with van der Waals surface area (Å²) in [6.45, 7) is 3.14. The van der Waals surface area contributed by atoms with Gasteiger partial charge in [-0.1, -0.05) is 13.0 Å². The van der Waals surface area contributed by atoms with E-state index < -0.39 is 0 Å². The highest BCUT2D eigenvalue weighted by atomic mass is 16.5. The summed E-state index contributed by atoms with van der Waals surface area (Å²) in [6, 6.07) is 6.56. The monoisotopic (exact) mass is 206 g/mol. The summed E-state index contributed by atoms with van der Waals surface area (Å²) in [4.78, 5) is 4.36. The molecule has 0 atom stereocenters. The van der Waals surface area contributed by atoms with Crippen molar-refractivity contribution in [3.05, 3.63) is 23.9 Å². The lowest BCUT2D eigenvalue weighted by atomic mass is 9.82. The summed E-state index contributed by atoms with van der Waals surface area (Å²) in [5.74, 6) is 1.58. The molecule has 1 aliphatic rings. The van der Waals surface area contributed by atoms with Crippen LogP contribution in [0.4, 0.5) is 0 Å². The Kier molecular flexibility index (Phi) is 3.21. The molecule has 0 bridgehead atoms. The Hall–Kier alpha value is -1.09. The summed E-state index contributed by atoms with van der Waals surface area (Å²) in [7, 11) is 1.65. The summed E-state index contributed by atoms with van der Waals surface area (Å²) in [5, 5.41) is 3.50. The highest BCUT2D eigenvalue weighted by Crippen LogP contribution is 2.26. The molecule has 0 amide bonds. The normalized spacial score (nSPS) is 24.7. The Morgan fingerprint density at radius 1 is 1.47 bits per heavy atom. The van der Waals surface area contributed by atoms with Crippen molar-refractivity contribution in [2.75, 3.05) is 7.11 Å². The van der Waals surface area contributed by atoms with Crippen LogP contribution < -0.4 is 10.1 Å². The first-order valence-electron chi connectivity index (χ1n) is 5.51. The Morgan fingerprint density at radius 3 is 2.93 bits per heavy atom. The van der Waals surface area contributed by atoms with Crippen LogP contribution in [0.2, 0.25) is 0 Å². The fraction of sp³-hybridized carbons (Fsp3) is 0.583. The zero-order valence-corrected chi connectivity index (χ0v) is 9.36.